The quantitative estimate of drug-likeness (QED) is 0.682. The maximum absolute atomic E-state index is 13.7. The Morgan fingerprint density at radius 2 is 1.80 bits per heavy atom. The van der Waals surface area contributed by atoms with Gasteiger partial charge in [0.05, 0.1) is 5.69 Å². The zero-order valence-corrected chi connectivity index (χ0v) is 17.4. The highest BCUT2D eigenvalue weighted by Crippen LogP contribution is 2.49. The van der Waals surface area contributed by atoms with Crippen LogP contribution >= 0.6 is 11.6 Å². The van der Waals surface area contributed by atoms with E-state index in [2.05, 4.69) is 11.1 Å². The third-order valence-electron chi connectivity index (χ3n) is 7.03. The summed E-state index contributed by atoms with van der Waals surface area (Å²) in [5.74, 6) is 0.0324. The van der Waals surface area contributed by atoms with Crippen LogP contribution in [-0.2, 0) is 15.1 Å². The molecule has 1 saturated carbocycles. The largest absolute Gasteiger partial charge is 0.356 e. The molecule has 152 valence electrons. The van der Waals surface area contributed by atoms with Crippen LogP contribution in [0.3, 0.4) is 0 Å². The number of piperazine rings is 1. The molecule has 6 heteroatoms. The molecule has 1 N–H and O–H groups in total. The minimum absolute atomic E-state index is 0.0206. The van der Waals surface area contributed by atoms with E-state index in [1.807, 2.05) is 49.4 Å². The van der Waals surface area contributed by atoms with Crippen molar-refractivity contribution in [2.24, 2.45) is 0 Å². The highest BCUT2D eigenvalue weighted by Gasteiger charge is 2.58. The van der Waals surface area contributed by atoms with Crippen LogP contribution < -0.4 is 0 Å². The molecule has 3 heterocycles. The van der Waals surface area contributed by atoms with Crippen molar-refractivity contribution in [1.29, 1.82) is 0 Å². The molecular weight excluding hydrogens is 398 g/mol. The highest BCUT2D eigenvalue weighted by molar-refractivity contribution is 6.30. The van der Waals surface area contributed by atoms with Crippen molar-refractivity contribution in [2.75, 3.05) is 13.1 Å². The van der Waals surface area contributed by atoms with Crippen LogP contribution in [0.1, 0.15) is 42.5 Å². The lowest BCUT2D eigenvalue weighted by Gasteiger charge is -2.51. The van der Waals surface area contributed by atoms with Crippen molar-refractivity contribution in [2.45, 2.75) is 37.3 Å². The van der Waals surface area contributed by atoms with Crippen molar-refractivity contribution in [3.05, 3.63) is 70.4 Å². The van der Waals surface area contributed by atoms with Gasteiger partial charge in [-0.15, -0.1) is 0 Å². The number of nitrogens with zero attached hydrogens (tertiary/aromatic N) is 2. The number of hydrogen-bond acceptors (Lipinski definition) is 2. The summed E-state index contributed by atoms with van der Waals surface area (Å²) in [7, 11) is 0. The fourth-order valence-corrected chi connectivity index (χ4v) is 5.43. The molecule has 0 radical (unpaired) electrons. The Hall–Kier alpha value is -2.79. The van der Waals surface area contributed by atoms with Crippen LogP contribution in [-0.4, -0.2) is 45.7 Å². The van der Waals surface area contributed by atoms with Gasteiger partial charge in [0.25, 0.3) is 5.91 Å². The average Bonchev–Trinajstić information content (AvgIpc) is 3.51. The van der Waals surface area contributed by atoms with E-state index in [1.165, 1.54) is 0 Å². The van der Waals surface area contributed by atoms with Gasteiger partial charge in [-0.25, -0.2) is 0 Å². The van der Waals surface area contributed by atoms with E-state index >= 15 is 0 Å². The number of fused-ring (bicyclic) bond motifs is 5. The lowest BCUT2D eigenvalue weighted by Crippen LogP contribution is -2.67. The lowest BCUT2D eigenvalue weighted by atomic mass is 9.76. The number of aromatic nitrogens is 1. The van der Waals surface area contributed by atoms with Crippen molar-refractivity contribution >= 4 is 34.3 Å². The Balaban J connectivity index is 1.60. The Morgan fingerprint density at radius 1 is 1.07 bits per heavy atom. The Labute approximate surface area is 179 Å². The molecule has 1 aromatic heterocycles. The first-order valence-corrected chi connectivity index (χ1v) is 10.8. The van der Waals surface area contributed by atoms with Gasteiger partial charge in [-0.2, -0.15) is 0 Å². The number of amides is 2. The SMILES string of the molecule is CC12C(=O)N(C3CC3)CC(=O)N1CC(c1ccc(Cl)cc1)c1c2[nH]c2ccccc12. The third-order valence-corrected chi connectivity index (χ3v) is 7.28. The minimum atomic E-state index is -1.00. The molecular formula is C24H22ClN3O2. The van der Waals surface area contributed by atoms with E-state index in [9.17, 15) is 9.59 Å². The zero-order valence-electron chi connectivity index (χ0n) is 16.7. The Bertz CT molecular complexity index is 1200. The maximum atomic E-state index is 13.7. The van der Waals surface area contributed by atoms with Crippen molar-refractivity contribution in [3.63, 3.8) is 0 Å². The summed E-state index contributed by atoms with van der Waals surface area (Å²) in [6.45, 7) is 2.58. The number of benzene rings is 2. The van der Waals surface area contributed by atoms with Crippen LogP contribution in [0, 0.1) is 0 Å². The molecule has 3 aliphatic rings. The molecule has 0 spiro atoms. The van der Waals surface area contributed by atoms with Crippen LogP contribution in [0.2, 0.25) is 5.02 Å². The summed E-state index contributed by atoms with van der Waals surface area (Å²) in [5.41, 5.74) is 3.05. The average molecular weight is 420 g/mol. The number of halogens is 1. The van der Waals surface area contributed by atoms with Crippen LogP contribution in [0.15, 0.2) is 48.5 Å². The van der Waals surface area contributed by atoms with Crippen LogP contribution in [0.4, 0.5) is 0 Å². The van der Waals surface area contributed by atoms with E-state index < -0.39 is 5.54 Å². The monoisotopic (exact) mass is 419 g/mol. The molecule has 3 aromatic rings. The summed E-state index contributed by atoms with van der Waals surface area (Å²) in [6, 6.07) is 16.2. The van der Waals surface area contributed by atoms with Crippen LogP contribution in [0.25, 0.3) is 10.9 Å². The number of H-pyrrole nitrogens is 1. The molecule has 1 saturated heterocycles. The normalized spacial score (nSPS) is 26.1. The molecule has 2 aromatic carbocycles. The number of carbonyl (C=O) groups excluding carboxylic acids is 2. The first kappa shape index (κ1) is 18.0. The van der Waals surface area contributed by atoms with Gasteiger partial charge in [0, 0.05) is 34.4 Å². The van der Waals surface area contributed by atoms with E-state index in [4.69, 9.17) is 11.6 Å². The summed E-state index contributed by atoms with van der Waals surface area (Å²) in [6.07, 6.45) is 1.98. The van der Waals surface area contributed by atoms with Crippen molar-refractivity contribution < 1.29 is 9.59 Å². The number of aromatic amines is 1. The molecule has 0 bridgehead atoms. The minimum Gasteiger partial charge on any atom is -0.356 e. The number of hydrogen-bond donors (Lipinski definition) is 1. The van der Waals surface area contributed by atoms with Crippen molar-refractivity contribution in [1.82, 2.24) is 14.8 Å². The molecule has 2 amide bonds. The molecule has 30 heavy (non-hydrogen) atoms. The fraction of sp³-hybridized carbons (Fsp3) is 0.333. The predicted molar refractivity (Wildman–Crippen MR) is 115 cm³/mol. The van der Waals surface area contributed by atoms with Gasteiger partial charge < -0.3 is 14.8 Å². The molecule has 5 nitrogen and oxygen atoms in total. The highest BCUT2D eigenvalue weighted by atomic mass is 35.5. The lowest BCUT2D eigenvalue weighted by molar-refractivity contribution is -0.166. The van der Waals surface area contributed by atoms with Gasteiger partial charge in [-0.3, -0.25) is 9.59 Å². The number of para-hydroxylation sites is 1. The summed E-state index contributed by atoms with van der Waals surface area (Å²) < 4.78 is 0. The molecule has 6 rings (SSSR count). The first-order valence-electron chi connectivity index (χ1n) is 10.5. The standard InChI is InChI=1S/C24H22ClN3O2/c1-24-22-21(17-4-2-3-5-19(17)26-22)18(14-6-8-15(25)9-7-14)12-28(24)20(29)13-27(23(24)30)16-10-11-16/h2-9,16,18,26H,10-13H2,1H3. The summed E-state index contributed by atoms with van der Waals surface area (Å²) >= 11 is 6.13. The third kappa shape index (κ3) is 2.36. The summed E-state index contributed by atoms with van der Waals surface area (Å²) in [4.78, 5) is 34.1. The molecule has 1 aliphatic carbocycles. The number of carbonyl (C=O) groups is 2. The van der Waals surface area contributed by atoms with Gasteiger partial charge in [-0.05, 0) is 49.1 Å². The molecule has 2 unspecified atom stereocenters. The summed E-state index contributed by atoms with van der Waals surface area (Å²) in [5, 5.41) is 1.79. The smallest absolute Gasteiger partial charge is 0.255 e. The topological polar surface area (TPSA) is 56.4 Å². The second-order valence-electron chi connectivity index (χ2n) is 8.80. The maximum Gasteiger partial charge on any atom is 0.255 e. The number of rotatable bonds is 2. The first-order chi connectivity index (χ1) is 14.5. The van der Waals surface area contributed by atoms with Crippen LogP contribution in [0.5, 0.6) is 0 Å². The zero-order chi connectivity index (χ0) is 20.6. The fourth-order valence-electron chi connectivity index (χ4n) is 5.31. The van der Waals surface area contributed by atoms with Gasteiger partial charge in [-0.1, -0.05) is 41.9 Å². The van der Waals surface area contributed by atoms with Gasteiger partial charge >= 0.3 is 0 Å². The molecule has 2 atom stereocenters. The predicted octanol–water partition coefficient (Wildman–Crippen LogP) is 4.02. The molecule has 2 aliphatic heterocycles. The Morgan fingerprint density at radius 3 is 2.53 bits per heavy atom. The van der Waals surface area contributed by atoms with Crippen molar-refractivity contribution in [3.8, 4) is 0 Å². The van der Waals surface area contributed by atoms with E-state index in [0.29, 0.717) is 11.6 Å². The second-order valence-corrected chi connectivity index (χ2v) is 9.24. The van der Waals surface area contributed by atoms with E-state index in [0.717, 1.165) is 40.6 Å². The van der Waals surface area contributed by atoms with E-state index in [-0.39, 0.29) is 30.3 Å². The Kier molecular flexibility index (Phi) is 3.67. The van der Waals surface area contributed by atoms with E-state index in [1.54, 1.807) is 9.80 Å². The number of nitrogens with one attached hydrogen (secondary N) is 1. The van der Waals surface area contributed by atoms with Gasteiger partial charge in [0.1, 0.15) is 6.54 Å². The molecule has 2 fully saturated rings. The van der Waals surface area contributed by atoms with Gasteiger partial charge in [0.2, 0.25) is 5.91 Å². The van der Waals surface area contributed by atoms with Gasteiger partial charge in [0.15, 0.2) is 5.54 Å². The second kappa shape index (κ2) is 6.11.